The average molecular weight is 128 g/mol. The Kier molecular flexibility index (Phi) is 1.42. The number of hydrogen-bond acceptors (Lipinski definition) is 3. The van der Waals surface area contributed by atoms with Crippen molar-refractivity contribution in [1.29, 1.82) is 0 Å². The van der Waals surface area contributed by atoms with Crippen LogP contribution in [-0.4, -0.2) is 0 Å². The maximum atomic E-state index is 10.3. The van der Waals surface area contributed by atoms with Crippen LogP contribution in [0.4, 0.5) is 0 Å². The molecule has 0 unspecified atom stereocenters. The molecule has 1 aromatic heterocycles. The second-order valence-electron chi connectivity index (χ2n) is 1.79. The zero-order chi connectivity index (χ0) is 6.85. The number of aryl methyl sites for hydroxylation is 2. The fourth-order valence-electron chi connectivity index (χ4n) is 0.696. The predicted molar refractivity (Wildman–Crippen MR) is 31.4 cm³/mol. The molecule has 0 aliphatic carbocycles. The van der Waals surface area contributed by atoms with E-state index in [2.05, 4.69) is 8.83 Å². The van der Waals surface area contributed by atoms with Gasteiger partial charge in [-0.25, -0.2) is 4.79 Å². The van der Waals surface area contributed by atoms with Gasteiger partial charge >= 0.3 is 5.82 Å². The first-order valence-corrected chi connectivity index (χ1v) is 2.83. The van der Waals surface area contributed by atoms with Gasteiger partial charge in [0.1, 0.15) is 11.5 Å². The molecule has 0 saturated heterocycles. The molecular weight excluding hydrogens is 120 g/mol. The summed E-state index contributed by atoms with van der Waals surface area (Å²) in [5.41, 5.74) is 0. The van der Waals surface area contributed by atoms with Crippen LogP contribution in [0.3, 0.4) is 0 Å². The summed E-state index contributed by atoms with van der Waals surface area (Å²) in [5.74, 6) is 0.617. The van der Waals surface area contributed by atoms with E-state index in [9.17, 15) is 4.79 Å². The van der Waals surface area contributed by atoms with Crippen molar-refractivity contribution in [3.63, 3.8) is 0 Å². The molecule has 0 bridgehead atoms. The Balaban J connectivity index is 3.16. The molecule has 0 radical (unpaired) electrons. The molecule has 3 heteroatoms. The average Bonchev–Trinajstić information content (AvgIpc) is 2.10. The van der Waals surface area contributed by atoms with E-state index >= 15 is 0 Å². The van der Waals surface area contributed by atoms with Crippen molar-refractivity contribution in [3.05, 3.63) is 22.1 Å². The SMILES string of the molecule is CCc1oc(=O)oc1C. The number of rotatable bonds is 1. The van der Waals surface area contributed by atoms with Crippen LogP contribution in [-0.2, 0) is 6.42 Å². The first-order chi connectivity index (χ1) is 4.24. The molecule has 0 fully saturated rings. The van der Waals surface area contributed by atoms with E-state index < -0.39 is 5.82 Å². The molecule has 0 aliphatic heterocycles. The summed E-state index contributed by atoms with van der Waals surface area (Å²) in [6, 6.07) is 0. The molecule has 0 amide bonds. The minimum absolute atomic E-state index is 0.586. The lowest BCUT2D eigenvalue weighted by Gasteiger charge is -1.82. The Hall–Kier alpha value is -0.990. The van der Waals surface area contributed by atoms with E-state index in [1.807, 2.05) is 6.92 Å². The Morgan fingerprint density at radius 1 is 1.44 bits per heavy atom. The highest BCUT2D eigenvalue weighted by Crippen LogP contribution is 2.03. The zero-order valence-corrected chi connectivity index (χ0v) is 5.43. The smallest absolute Gasteiger partial charge is 0.396 e. The predicted octanol–water partition coefficient (Wildman–Crippen LogP) is 1.10. The first kappa shape index (κ1) is 6.13. The molecule has 1 rings (SSSR count). The van der Waals surface area contributed by atoms with E-state index in [0.29, 0.717) is 17.9 Å². The van der Waals surface area contributed by atoms with E-state index in [0.717, 1.165) is 0 Å². The van der Waals surface area contributed by atoms with Gasteiger partial charge in [-0.15, -0.1) is 0 Å². The molecule has 0 spiro atoms. The van der Waals surface area contributed by atoms with Gasteiger partial charge in [0.05, 0.1) is 0 Å². The third-order valence-corrected chi connectivity index (χ3v) is 1.16. The molecule has 0 atom stereocenters. The summed E-state index contributed by atoms with van der Waals surface area (Å²) in [6.45, 7) is 3.62. The lowest BCUT2D eigenvalue weighted by atomic mass is 10.3. The lowest BCUT2D eigenvalue weighted by molar-refractivity contribution is 0.370. The fourth-order valence-corrected chi connectivity index (χ4v) is 0.696. The molecule has 9 heavy (non-hydrogen) atoms. The van der Waals surface area contributed by atoms with Gasteiger partial charge in [0.2, 0.25) is 0 Å². The van der Waals surface area contributed by atoms with Crippen LogP contribution >= 0.6 is 0 Å². The van der Waals surface area contributed by atoms with E-state index in [4.69, 9.17) is 0 Å². The summed E-state index contributed by atoms with van der Waals surface area (Å²) in [5, 5.41) is 0. The van der Waals surface area contributed by atoms with Crippen LogP contribution < -0.4 is 5.82 Å². The Morgan fingerprint density at radius 3 is 2.33 bits per heavy atom. The van der Waals surface area contributed by atoms with Crippen LogP contribution in [0, 0.1) is 6.92 Å². The van der Waals surface area contributed by atoms with Crippen LogP contribution in [0.15, 0.2) is 13.6 Å². The maximum Gasteiger partial charge on any atom is 0.519 e. The Morgan fingerprint density at radius 2 is 2.11 bits per heavy atom. The molecule has 0 aromatic carbocycles. The van der Waals surface area contributed by atoms with Crippen LogP contribution in [0.2, 0.25) is 0 Å². The van der Waals surface area contributed by atoms with Gasteiger partial charge in [0, 0.05) is 6.42 Å². The van der Waals surface area contributed by atoms with Gasteiger partial charge in [-0.3, -0.25) is 0 Å². The van der Waals surface area contributed by atoms with Gasteiger partial charge < -0.3 is 8.83 Å². The Bertz CT molecular complexity index is 243. The summed E-state index contributed by atoms with van der Waals surface area (Å²) < 4.78 is 9.22. The minimum Gasteiger partial charge on any atom is -0.396 e. The van der Waals surface area contributed by atoms with Gasteiger partial charge in [0.15, 0.2) is 0 Å². The van der Waals surface area contributed by atoms with E-state index in [-0.39, 0.29) is 0 Å². The van der Waals surface area contributed by atoms with E-state index in [1.165, 1.54) is 0 Å². The van der Waals surface area contributed by atoms with Crippen molar-refractivity contribution in [3.8, 4) is 0 Å². The van der Waals surface area contributed by atoms with Crippen molar-refractivity contribution in [1.82, 2.24) is 0 Å². The molecule has 0 saturated carbocycles. The topological polar surface area (TPSA) is 43.4 Å². The molecule has 1 heterocycles. The monoisotopic (exact) mass is 128 g/mol. The third kappa shape index (κ3) is 1.04. The number of hydrogen-bond donors (Lipinski definition) is 0. The standard InChI is InChI=1S/C6H8O3/c1-3-5-4(2)8-6(7)9-5/h3H2,1-2H3. The van der Waals surface area contributed by atoms with Gasteiger partial charge in [-0.1, -0.05) is 6.92 Å². The van der Waals surface area contributed by atoms with Crippen molar-refractivity contribution in [2.24, 2.45) is 0 Å². The third-order valence-electron chi connectivity index (χ3n) is 1.16. The summed E-state index contributed by atoms with van der Waals surface area (Å²) in [7, 11) is 0. The van der Waals surface area contributed by atoms with Crippen molar-refractivity contribution < 1.29 is 8.83 Å². The van der Waals surface area contributed by atoms with Gasteiger partial charge in [-0.05, 0) is 6.92 Å². The second-order valence-corrected chi connectivity index (χ2v) is 1.79. The molecular formula is C6H8O3. The summed E-state index contributed by atoms with van der Waals surface area (Å²) >= 11 is 0. The van der Waals surface area contributed by atoms with Crippen molar-refractivity contribution in [2.45, 2.75) is 20.3 Å². The highest BCUT2D eigenvalue weighted by molar-refractivity contribution is 4.99. The molecule has 1 aromatic rings. The second kappa shape index (κ2) is 2.09. The van der Waals surface area contributed by atoms with Crippen LogP contribution in [0.5, 0.6) is 0 Å². The normalized spacial score (nSPS) is 10.0. The summed E-state index contributed by atoms with van der Waals surface area (Å²) in [6.07, 6.45) is 0.706. The highest BCUT2D eigenvalue weighted by atomic mass is 16.6. The van der Waals surface area contributed by atoms with Crippen molar-refractivity contribution in [2.75, 3.05) is 0 Å². The minimum atomic E-state index is -0.607. The van der Waals surface area contributed by atoms with Gasteiger partial charge in [-0.2, -0.15) is 0 Å². The van der Waals surface area contributed by atoms with Crippen LogP contribution in [0.1, 0.15) is 18.4 Å². The highest BCUT2D eigenvalue weighted by Gasteiger charge is 2.03. The Labute approximate surface area is 52.3 Å². The molecule has 0 N–H and O–H groups in total. The largest absolute Gasteiger partial charge is 0.519 e. The van der Waals surface area contributed by atoms with Crippen molar-refractivity contribution >= 4 is 0 Å². The molecule has 50 valence electrons. The maximum absolute atomic E-state index is 10.3. The molecule has 3 nitrogen and oxygen atoms in total. The quantitative estimate of drug-likeness (QED) is 0.568. The zero-order valence-electron chi connectivity index (χ0n) is 5.43. The van der Waals surface area contributed by atoms with E-state index in [1.54, 1.807) is 6.92 Å². The molecule has 0 aliphatic rings. The fraction of sp³-hybridized carbons (Fsp3) is 0.500. The summed E-state index contributed by atoms with van der Waals surface area (Å²) in [4.78, 5) is 10.3. The van der Waals surface area contributed by atoms with Gasteiger partial charge in [0.25, 0.3) is 0 Å². The first-order valence-electron chi connectivity index (χ1n) is 2.83. The lowest BCUT2D eigenvalue weighted by Crippen LogP contribution is -1.85. The van der Waals surface area contributed by atoms with Crippen LogP contribution in [0.25, 0.3) is 0 Å².